The normalized spacial score (nSPS) is 32.5. The molecule has 134 valence electrons. The first-order chi connectivity index (χ1) is 11.1. The Balaban J connectivity index is 2.49. The molecule has 2 amide bonds. The Morgan fingerprint density at radius 3 is 2.42 bits per heavy atom. The van der Waals surface area contributed by atoms with Crippen LogP contribution in [-0.4, -0.2) is 66.9 Å². The number of rotatable bonds is 3. The molecule has 2 saturated heterocycles. The van der Waals surface area contributed by atoms with Gasteiger partial charge in [0.15, 0.2) is 12.6 Å². The molecule has 9 nitrogen and oxygen atoms in total. The summed E-state index contributed by atoms with van der Waals surface area (Å²) in [6, 6.07) is 0. The first kappa shape index (κ1) is 18.3. The molecule has 0 saturated carbocycles. The molecule has 0 spiro atoms. The van der Waals surface area contributed by atoms with Gasteiger partial charge in [-0.05, 0) is 20.8 Å². The maximum atomic E-state index is 12.7. The topological polar surface area (TPSA) is 108 Å². The van der Waals surface area contributed by atoms with Crippen LogP contribution in [0.3, 0.4) is 0 Å². The van der Waals surface area contributed by atoms with E-state index < -0.39 is 47.4 Å². The summed E-state index contributed by atoms with van der Waals surface area (Å²) in [5.74, 6) is -2.68. The number of aldehydes is 1. The van der Waals surface area contributed by atoms with Crippen molar-refractivity contribution >= 4 is 24.3 Å². The van der Waals surface area contributed by atoms with E-state index in [2.05, 4.69) is 4.74 Å². The van der Waals surface area contributed by atoms with Crippen molar-refractivity contribution in [3.8, 4) is 0 Å². The molecule has 0 aromatic rings. The van der Waals surface area contributed by atoms with Crippen LogP contribution in [-0.2, 0) is 33.3 Å². The number of carbonyl (C=O) groups is 4. The Hall–Kier alpha value is -2.00. The van der Waals surface area contributed by atoms with Gasteiger partial charge in [0.25, 0.3) is 0 Å². The third-order valence-corrected chi connectivity index (χ3v) is 3.98. The SMILES string of the molecule is COC(=O)[C@@]1(C=O)C2O[C@H](OC)CC2C(=O)N1C(=O)OC(C)(C)C. The zero-order valence-corrected chi connectivity index (χ0v) is 14.2. The van der Waals surface area contributed by atoms with Gasteiger partial charge in [-0.25, -0.2) is 14.5 Å². The van der Waals surface area contributed by atoms with E-state index in [0.29, 0.717) is 4.90 Å². The number of imide groups is 1. The number of methoxy groups -OCH3 is 2. The van der Waals surface area contributed by atoms with Gasteiger partial charge >= 0.3 is 12.1 Å². The third-order valence-electron chi connectivity index (χ3n) is 3.98. The second kappa shape index (κ2) is 6.14. The van der Waals surface area contributed by atoms with E-state index in [9.17, 15) is 19.2 Å². The van der Waals surface area contributed by atoms with Crippen molar-refractivity contribution in [3.05, 3.63) is 0 Å². The van der Waals surface area contributed by atoms with Gasteiger partial charge in [0.2, 0.25) is 11.4 Å². The standard InChI is InChI=1S/C15H21NO8/c1-14(2,3)24-13(20)16-11(18)8-6-9(21-4)23-10(8)15(16,7-17)12(19)22-5/h7-10H,6H2,1-5H3/t8?,9-,10?,15+/m0/s1. The van der Waals surface area contributed by atoms with E-state index in [0.717, 1.165) is 7.11 Å². The molecule has 2 rings (SSSR count). The zero-order valence-electron chi connectivity index (χ0n) is 14.2. The Morgan fingerprint density at radius 1 is 1.33 bits per heavy atom. The van der Waals surface area contributed by atoms with Gasteiger partial charge in [0.05, 0.1) is 13.0 Å². The van der Waals surface area contributed by atoms with E-state index in [1.54, 1.807) is 20.8 Å². The smallest absolute Gasteiger partial charge is 0.418 e. The van der Waals surface area contributed by atoms with Gasteiger partial charge in [-0.2, -0.15) is 0 Å². The summed E-state index contributed by atoms with van der Waals surface area (Å²) in [5.41, 5.74) is -3.15. The average molecular weight is 343 g/mol. The van der Waals surface area contributed by atoms with Crippen LogP contribution >= 0.6 is 0 Å². The van der Waals surface area contributed by atoms with Gasteiger partial charge in [-0.15, -0.1) is 0 Å². The van der Waals surface area contributed by atoms with Crippen LogP contribution < -0.4 is 0 Å². The number of hydrogen-bond acceptors (Lipinski definition) is 8. The molecule has 0 radical (unpaired) electrons. The number of fused-ring (bicyclic) bond motifs is 1. The minimum Gasteiger partial charge on any atom is -0.467 e. The lowest BCUT2D eigenvalue weighted by Gasteiger charge is -2.34. The number of esters is 1. The monoisotopic (exact) mass is 343 g/mol. The predicted octanol–water partition coefficient (Wildman–Crippen LogP) is 0.252. The van der Waals surface area contributed by atoms with Gasteiger partial charge in [0.1, 0.15) is 11.7 Å². The summed E-state index contributed by atoms with van der Waals surface area (Å²) in [4.78, 5) is 49.9. The number of carbonyl (C=O) groups excluding carboxylic acids is 4. The minimum atomic E-state index is -2.23. The fraction of sp³-hybridized carbons (Fsp3) is 0.733. The maximum absolute atomic E-state index is 12.7. The summed E-state index contributed by atoms with van der Waals surface area (Å²) < 4.78 is 20.4. The molecule has 0 aliphatic carbocycles. The molecule has 4 atom stereocenters. The van der Waals surface area contributed by atoms with E-state index in [1.807, 2.05) is 0 Å². The van der Waals surface area contributed by atoms with Crippen molar-refractivity contribution in [1.29, 1.82) is 0 Å². The summed E-state index contributed by atoms with van der Waals surface area (Å²) in [6.07, 6.45) is -2.73. The van der Waals surface area contributed by atoms with Gasteiger partial charge in [0, 0.05) is 13.5 Å². The first-order valence-electron chi connectivity index (χ1n) is 7.42. The van der Waals surface area contributed by atoms with Crippen molar-refractivity contribution in [2.24, 2.45) is 5.92 Å². The maximum Gasteiger partial charge on any atom is 0.418 e. The fourth-order valence-electron chi connectivity index (χ4n) is 3.00. The molecule has 2 aliphatic heterocycles. The second-order valence-corrected chi connectivity index (χ2v) is 6.65. The molecule has 24 heavy (non-hydrogen) atoms. The highest BCUT2D eigenvalue weighted by molar-refractivity contribution is 6.12. The van der Waals surface area contributed by atoms with Crippen LogP contribution in [0.2, 0.25) is 0 Å². The lowest BCUT2D eigenvalue weighted by atomic mass is 9.90. The minimum absolute atomic E-state index is 0.117. The Morgan fingerprint density at radius 2 is 1.96 bits per heavy atom. The molecule has 0 N–H and O–H groups in total. The van der Waals surface area contributed by atoms with Crippen molar-refractivity contribution < 1.29 is 38.1 Å². The molecule has 2 unspecified atom stereocenters. The molecule has 0 bridgehead atoms. The highest BCUT2D eigenvalue weighted by atomic mass is 16.7. The van der Waals surface area contributed by atoms with E-state index >= 15 is 0 Å². The van der Waals surface area contributed by atoms with Gasteiger partial charge in [-0.1, -0.05) is 0 Å². The van der Waals surface area contributed by atoms with Crippen LogP contribution in [0.1, 0.15) is 27.2 Å². The highest BCUT2D eigenvalue weighted by Crippen LogP contribution is 2.45. The van der Waals surface area contributed by atoms with Crippen molar-refractivity contribution in [2.45, 2.75) is 50.7 Å². The lowest BCUT2D eigenvalue weighted by molar-refractivity contribution is -0.176. The Labute approximate surface area is 139 Å². The van der Waals surface area contributed by atoms with Crippen LogP contribution in [0.5, 0.6) is 0 Å². The number of hydrogen-bond donors (Lipinski definition) is 0. The molecule has 2 fully saturated rings. The van der Waals surface area contributed by atoms with Gasteiger partial charge in [-0.3, -0.25) is 9.59 Å². The number of amides is 2. The van der Waals surface area contributed by atoms with Crippen LogP contribution in [0.15, 0.2) is 0 Å². The quantitative estimate of drug-likeness (QED) is 0.408. The Kier molecular flexibility index (Phi) is 4.69. The lowest BCUT2D eigenvalue weighted by Crippen LogP contribution is -2.62. The van der Waals surface area contributed by atoms with Gasteiger partial charge < -0.3 is 18.9 Å². The third kappa shape index (κ3) is 2.67. The van der Waals surface area contributed by atoms with E-state index in [1.165, 1.54) is 7.11 Å². The summed E-state index contributed by atoms with van der Waals surface area (Å²) in [5, 5.41) is 0. The van der Waals surface area contributed by atoms with Crippen molar-refractivity contribution in [3.63, 3.8) is 0 Å². The molecule has 0 aromatic carbocycles. The molecule has 2 aliphatic rings. The molecule has 9 heteroatoms. The highest BCUT2D eigenvalue weighted by Gasteiger charge is 2.70. The zero-order chi connectivity index (χ0) is 18.3. The van der Waals surface area contributed by atoms with E-state index in [-0.39, 0.29) is 12.7 Å². The Bertz CT molecular complexity index is 568. The summed E-state index contributed by atoms with van der Waals surface area (Å²) in [7, 11) is 2.43. The molecular weight excluding hydrogens is 322 g/mol. The van der Waals surface area contributed by atoms with Crippen LogP contribution in [0.25, 0.3) is 0 Å². The number of ether oxygens (including phenoxy) is 4. The average Bonchev–Trinajstić information content (AvgIpc) is 3.02. The molecule has 0 aromatic heterocycles. The molecule has 2 heterocycles. The van der Waals surface area contributed by atoms with E-state index in [4.69, 9.17) is 14.2 Å². The fourth-order valence-corrected chi connectivity index (χ4v) is 3.00. The van der Waals surface area contributed by atoms with Crippen molar-refractivity contribution in [2.75, 3.05) is 14.2 Å². The molecular formula is C15H21NO8. The first-order valence-corrected chi connectivity index (χ1v) is 7.42. The van der Waals surface area contributed by atoms with Crippen LogP contribution in [0, 0.1) is 5.92 Å². The number of nitrogens with zero attached hydrogens (tertiary/aromatic N) is 1. The van der Waals surface area contributed by atoms with Crippen LogP contribution in [0.4, 0.5) is 4.79 Å². The number of likely N-dealkylation sites (tertiary alicyclic amines) is 1. The summed E-state index contributed by atoms with van der Waals surface area (Å²) >= 11 is 0. The summed E-state index contributed by atoms with van der Waals surface area (Å²) in [6.45, 7) is 4.80. The largest absolute Gasteiger partial charge is 0.467 e. The second-order valence-electron chi connectivity index (χ2n) is 6.65. The van der Waals surface area contributed by atoms with Crippen molar-refractivity contribution in [1.82, 2.24) is 4.90 Å². The predicted molar refractivity (Wildman–Crippen MR) is 77.7 cm³/mol.